The number of hydrogen-bond acceptors (Lipinski definition) is 1. The number of nitrogens with zero attached hydrogens (tertiary/aromatic N) is 1. The van der Waals surface area contributed by atoms with Crippen LogP contribution in [0.5, 0.6) is 0 Å². The number of quaternary nitrogens is 1. The molecule has 1 aliphatic heterocycles. The molecule has 0 amide bonds. The first-order chi connectivity index (χ1) is 7.70. The van der Waals surface area contributed by atoms with E-state index in [-0.39, 0.29) is 0 Å². The summed E-state index contributed by atoms with van der Waals surface area (Å²) in [6.45, 7) is 6.77. The van der Waals surface area contributed by atoms with Crippen LogP contribution in [0.25, 0.3) is 0 Å². The van der Waals surface area contributed by atoms with Gasteiger partial charge in [-0.1, -0.05) is 32.3 Å². The summed E-state index contributed by atoms with van der Waals surface area (Å²) in [6, 6.07) is 0. The van der Waals surface area contributed by atoms with Gasteiger partial charge >= 0.3 is 0 Å². The van der Waals surface area contributed by atoms with E-state index >= 15 is 0 Å². The van der Waals surface area contributed by atoms with Crippen LogP contribution in [0.2, 0.25) is 0 Å². The molecule has 0 radical (unpaired) electrons. The van der Waals surface area contributed by atoms with E-state index in [1.54, 1.807) is 7.11 Å². The largest absolute Gasteiger partial charge is 0.379 e. The number of rotatable bonds is 7. The Hall–Kier alpha value is -0.340. The Kier molecular flexibility index (Phi) is 6.07. The first-order valence-corrected chi connectivity index (χ1v) is 6.69. The van der Waals surface area contributed by atoms with Crippen molar-refractivity contribution < 1.29 is 9.22 Å². The fraction of sp³-hybridized carbons (Fsp3) is 0.857. The van der Waals surface area contributed by atoms with E-state index in [0.717, 1.165) is 23.6 Å². The highest BCUT2D eigenvalue weighted by Gasteiger charge is 2.26. The maximum Gasteiger partial charge on any atom is 0.102 e. The minimum absolute atomic E-state index is 0.794. The maximum absolute atomic E-state index is 5.20. The van der Waals surface area contributed by atoms with Crippen molar-refractivity contribution in [2.24, 2.45) is 5.92 Å². The predicted molar refractivity (Wildman–Crippen MR) is 69.4 cm³/mol. The van der Waals surface area contributed by atoms with Gasteiger partial charge in [-0.05, 0) is 12.5 Å². The molecule has 2 heteroatoms. The lowest BCUT2D eigenvalue weighted by molar-refractivity contribution is -0.908. The van der Waals surface area contributed by atoms with E-state index in [9.17, 15) is 0 Å². The van der Waals surface area contributed by atoms with E-state index < -0.39 is 0 Å². The van der Waals surface area contributed by atoms with Crippen molar-refractivity contribution in [3.05, 3.63) is 12.2 Å². The van der Waals surface area contributed by atoms with Crippen LogP contribution in [0.4, 0.5) is 0 Å². The molecule has 0 saturated carbocycles. The summed E-state index contributed by atoms with van der Waals surface area (Å²) in [7, 11) is 4.15. The SMILES string of the molecule is CCCCCC1C=CC[N+](C)(CCOC)C1. The summed E-state index contributed by atoms with van der Waals surface area (Å²) < 4.78 is 6.36. The number of unbranched alkanes of at least 4 members (excludes halogenated alkanes) is 2. The van der Waals surface area contributed by atoms with Gasteiger partial charge in [0.2, 0.25) is 0 Å². The van der Waals surface area contributed by atoms with E-state index in [2.05, 4.69) is 26.1 Å². The lowest BCUT2D eigenvalue weighted by Crippen LogP contribution is -2.50. The lowest BCUT2D eigenvalue weighted by Gasteiger charge is -2.38. The Balaban J connectivity index is 2.33. The molecule has 0 spiro atoms. The Morgan fingerprint density at radius 3 is 2.88 bits per heavy atom. The smallest absolute Gasteiger partial charge is 0.102 e. The monoisotopic (exact) mass is 226 g/mol. The Morgan fingerprint density at radius 2 is 2.19 bits per heavy atom. The summed E-state index contributed by atoms with van der Waals surface area (Å²) >= 11 is 0. The minimum atomic E-state index is 0.794. The molecule has 2 atom stereocenters. The number of ether oxygens (including phenoxy) is 1. The van der Waals surface area contributed by atoms with Crippen molar-refractivity contribution >= 4 is 0 Å². The number of likely N-dealkylation sites (N-methyl/N-ethyl adjacent to an activating group) is 1. The molecule has 1 rings (SSSR count). The summed E-state index contributed by atoms with van der Waals surface area (Å²) in [5, 5.41) is 0. The second-order valence-corrected chi connectivity index (χ2v) is 5.39. The van der Waals surface area contributed by atoms with Gasteiger partial charge in [0.25, 0.3) is 0 Å². The molecule has 2 nitrogen and oxygen atoms in total. The molecular weight excluding hydrogens is 198 g/mol. The van der Waals surface area contributed by atoms with Crippen LogP contribution in [-0.4, -0.2) is 44.9 Å². The molecule has 0 N–H and O–H groups in total. The third-order valence-corrected chi connectivity index (χ3v) is 3.64. The molecule has 0 aromatic carbocycles. The fourth-order valence-corrected chi connectivity index (χ4v) is 2.55. The standard InChI is InChI=1S/C14H28NO/c1-4-5-6-8-14-9-7-10-15(2,13-14)11-12-16-3/h7,9,14H,4-6,8,10-13H2,1-3H3/q+1. The lowest BCUT2D eigenvalue weighted by atomic mass is 9.96. The summed E-state index contributed by atoms with van der Waals surface area (Å²) in [5.74, 6) is 0.794. The van der Waals surface area contributed by atoms with Gasteiger partial charge in [-0.3, -0.25) is 0 Å². The van der Waals surface area contributed by atoms with Crippen LogP contribution < -0.4 is 0 Å². The third kappa shape index (κ3) is 4.67. The van der Waals surface area contributed by atoms with Crippen LogP contribution >= 0.6 is 0 Å². The Morgan fingerprint density at radius 1 is 1.38 bits per heavy atom. The van der Waals surface area contributed by atoms with E-state index in [0.29, 0.717) is 0 Å². The Labute approximate surface area is 101 Å². The predicted octanol–water partition coefficient (Wildman–Crippen LogP) is 2.85. The third-order valence-electron chi connectivity index (χ3n) is 3.64. The maximum atomic E-state index is 5.20. The van der Waals surface area contributed by atoms with E-state index in [1.807, 2.05) is 0 Å². The van der Waals surface area contributed by atoms with Gasteiger partial charge < -0.3 is 9.22 Å². The number of hydrogen-bond donors (Lipinski definition) is 0. The van der Waals surface area contributed by atoms with Gasteiger partial charge in [-0.25, -0.2) is 0 Å². The van der Waals surface area contributed by atoms with Gasteiger partial charge in [-0.15, -0.1) is 0 Å². The molecule has 1 heterocycles. The van der Waals surface area contributed by atoms with Gasteiger partial charge in [0.1, 0.15) is 6.54 Å². The molecule has 94 valence electrons. The first-order valence-electron chi connectivity index (χ1n) is 6.69. The van der Waals surface area contributed by atoms with Crippen LogP contribution in [0, 0.1) is 5.92 Å². The van der Waals surface area contributed by atoms with Crippen LogP contribution in [0.3, 0.4) is 0 Å². The molecular formula is C14H28NO+. The first kappa shape index (κ1) is 13.7. The second-order valence-electron chi connectivity index (χ2n) is 5.39. The molecule has 0 aromatic rings. The average molecular weight is 226 g/mol. The molecule has 0 aliphatic carbocycles. The van der Waals surface area contributed by atoms with Crippen molar-refractivity contribution in [2.75, 3.05) is 40.4 Å². The van der Waals surface area contributed by atoms with Crippen molar-refractivity contribution in [1.29, 1.82) is 0 Å². The van der Waals surface area contributed by atoms with E-state index in [4.69, 9.17) is 4.74 Å². The van der Waals surface area contributed by atoms with Gasteiger partial charge in [0.15, 0.2) is 0 Å². The minimum Gasteiger partial charge on any atom is -0.379 e. The molecule has 0 bridgehead atoms. The molecule has 0 saturated heterocycles. The van der Waals surface area contributed by atoms with Gasteiger partial charge in [0.05, 0.1) is 26.7 Å². The van der Waals surface area contributed by atoms with Crippen LogP contribution in [0.15, 0.2) is 12.2 Å². The Bertz CT molecular complexity index is 215. The summed E-state index contributed by atoms with van der Waals surface area (Å²) in [4.78, 5) is 0. The van der Waals surface area contributed by atoms with E-state index in [1.165, 1.54) is 38.8 Å². The van der Waals surface area contributed by atoms with Crippen molar-refractivity contribution in [3.63, 3.8) is 0 Å². The average Bonchev–Trinajstić information content (AvgIpc) is 2.27. The van der Waals surface area contributed by atoms with Crippen molar-refractivity contribution in [2.45, 2.75) is 32.6 Å². The molecule has 1 aliphatic rings. The fourth-order valence-electron chi connectivity index (χ4n) is 2.55. The molecule has 0 fully saturated rings. The zero-order chi connectivity index (χ0) is 11.9. The summed E-state index contributed by atoms with van der Waals surface area (Å²) in [6.07, 6.45) is 10.3. The van der Waals surface area contributed by atoms with Crippen LogP contribution in [-0.2, 0) is 4.74 Å². The van der Waals surface area contributed by atoms with Gasteiger partial charge in [-0.2, -0.15) is 0 Å². The highest BCUT2D eigenvalue weighted by atomic mass is 16.5. The normalized spacial score (nSPS) is 29.6. The molecule has 0 aromatic heterocycles. The number of methoxy groups -OCH3 is 1. The summed E-state index contributed by atoms with van der Waals surface area (Å²) in [5.41, 5.74) is 0. The highest BCUT2D eigenvalue weighted by molar-refractivity contribution is 4.92. The van der Waals surface area contributed by atoms with Crippen molar-refractivity contribution in [3.8, 4) is 0 Å². The quantitative estimate of drug-likeness (QED) is 0.368. The van der Waals surface area contributed by atoms with Crippen molar-refractivity contribution in [1.82, 2.24) is 0 Å². The zero-order valence-electron chi connectivity index (χ0n) is 11.2. The second kappa shape index (κ2) is 7.08. The topological polar surface area (TPSA) is 9.23 Å². The zero-order valence-corrected chi connectivity index (χ0v) is 11.2. The molecule has 2 unspecified atom stereocenters. The molecule has 16 heavy (non-hydrogen) atoms. The van der Waals surface area contributed by atoms with Gasteiger partial charge in [0, 0.05) is 13.0 Å². The van der Waals surface area contributed by atoms with Crippen LogP contribution in [0.1, 0.15) is 32.6 Å². The highest BCUT2D eigenvalue weighted by Crippen LogP contribution is 2.20.